The van der Waals surface area contributed by atoms with Crippen LogP contribution in [-0.4, -0.2) is 90.5 Å². The van der Waals surface area contributed by atoms with Crippen LogP contribution in [0.25, 0.3) is 11.1 Å². The second-order valence-electron chi connectivity index (χ2n) is 12.5. The molecule has 1 N–H and O–H groups in total. The normalized spacial score (nSPS) is 19.6. The number of nitrogens with one attached hydrogen (secondary N) is 1. The highest BCUT2D eigenvalue weighted by atomic mass is 127. The molecule has 256 valence electrons. The summed E-state index contributed by atoms with van der Waals surface area (Å²) in [6.07, 6.45) is 0.833. The van der Waals surface area contributed by atoms with Crippen LogP contribution >= 0.6 is 34.2 Å². The first-order valence-corrected chi connectivity index (χ1v) is 18.4. The van der Waals surface area contributed by atoms with Crippen LogP contribution in [-0.2, 0) is 15.9 Å². The molecule has 0 aliphatic carbocycles. The molecule has 0 bridgehead atoms. The van der Waals surface area contributed by atoms with Crippen LogP contribution in [0.3, 0.4) is 0 Å². The smallest absolute Gasteiger partial charge is 0.338 e. The second-order valence-corrected chi connectivity index (χ2v) is 14.2. The fourth-order valence-corrected chi connectivity index (χ4v) is 7.35. The van der Waals surface area contributed by atoms with E-state index in [9.17, 15) is 9.59 Å². The lowest BCUT2D eigenvalue weighted by molar-refractivity contribution is -0.0314. The Kier molecular flexibility index (Phi) is 12.1. The number of benzene rings is 4. The van der Waals surface area contributed by atoms with Crippen LogP contribution in [0.4, 0.5) is 10.5 Å². The predicted molar refractivity (Wildman–Crippen MR) is 204 cm³/mol. The minimum absolute atomic E-state index is 0.0190. The van der Waals surface area contributed by atoms with Gasteiger partial charge in [-0.2, -0.15) is 0 Å². The van der Waals surface area contributed by atoms with Crippen LogP contribution < -0.4 is 10.2 Å². The molecule has 2 aliphatic rings. The third-order valence-corrected chi connectivity index (χ3v) is 11.0. The average molecular weight is 793 g/mol. The number of anilines is 1. The monoisotopic (exact) mass is 792 g/mol. The summed E-state index contributed by atoms with van der Waals surface area (Å²) in [5.41, 5.74) is 4.83. The standard InChI is InChI=1S/C39H42ClIN4O4/c1-48-37(41)34(25-28-9-4-2-5-10-28)42-39(47)45-20-19-35(44-23-21-43(22-24-44)33-14-8-13-32(40)26-33)36(27-45)49-38(46)31-17-15-30(16-18-31)29-11-6-3-7-12-29/h2-18,26,34-37H,19-25,27H2,1H3,(H,42,47)/t34?,35-,36-,37?/m1/s1. The number of carbonyl (C=O) groups is 2. The van der Waals surface area contributed by atoms with E-state index in [0.29, 0.717) is 31.5 Å². The fraction of sp³-hybridized carbons (Fsp3) is 0.333. The first-order valence-electron chi connectivity index (χ1n) is 16.7. The van der Waals surface area contributed by atoms with E-state index in [1.54, 1.807) is 12.0 Å². The molecular weight excluding hydrogens is 751 g/mol. The number of urea groups is 1. The van der Waals surface area contributed by atoms with Crippen molar-refractivity contribution in [1.29, 1.82) is 0 Å². The number of rotatable bonds is 10. The molecule has 4 atom stereocenters. The van der Waals surface area contributed by atoms with Crippen LogP contribution in [0.1, 0.15) is 22.3 Å². The largest absolute Gasteiger partial charge is 0.455 e. The highest BCUT2D eigenvalue weighted by molar-refractivity contribution is 14.1. The van der Waals surface area contributed by atoms with E-state index in [4.69, 9.17) is 21.1 Å². The van der Waals surface area contributed by atoms with E-state index < -0.39 is 6.10 Å². The predicted octanol–water partition coefficient (Wildman–Crippen LogP) is 7.16. The number of nitrogens with zero attached hydrogens (tertiary/aromatic N) is 3. The van der Waals surface area contributed by atoms with Crippen molar-refractivity contribution in [1.82, 2.24) is 15.1 Å². The molecule has 0 saturated carbocycles. The number of methoxy groups -OCH3 is 1. The van der Waals surface area contributed by atoms with Crippen molar-refractivity contribution in [2.75, 3.05) is 51.3 Å². The Morgan fingerprint density at radius 1 is 0.857 bits per heavy atom. The number of likely N-dealkylation sites (tertiary alicyclic amines) is 1. The summed E-state index contributed by atoms with van der Waals surface area (Å²) in [6.45, 7) is 4.15. The van der Waals surface area contributed by atoms with Crippen LogP contribution in [0, 0.1) is 0 Å². The number of alkyl halides is 1. The van der Waals surface area contributed by atoms with Crippen molar-refractivity contribution in [2.24, 2.45) is 0 Å². The number of halogens is 2. The van der Waals surface area contributed by atoms with E-state index >= 15 is 0 Å². The van der Waals surface area contributed by atoms with E-state index in [2.05, 4.69) is 55.9 Å². The quantitative estimate of drug-likeness (QED) is 0.105. The van der Waals surface area contributed by atoms with Gasteiger partial charge in [0.1, 0.15) is 10.2 Å². The molecule has 0 aromatic heterocycles. The maximum absolute atomic E-state index is 13.8. The van der Waals surface area contributed by atoms with Crippen LogP contribution in [0.2, 0.25) is 5.02 Å². The lowest BCUT2D eigenvalue weighted by Crippen LogP contribution is -2.62. The molecule has 4 aromatic carbocycles. The van der Waals surface area contributed by atoms with Gasteiger partial charge in [-0.05, 0) is 82.5 Å². The van der Waals surface area contributed by atoms with Gasteiger partial charge in [0.05, 0.1) is 24.2 Å². The van der Waals surface area contributed by atoms with Crippen molar-refractivity contribution in [3.63, 3.8) is 0 Å². The Hall–Kier alpha value is -3.64. The van der Waals surface area contributed by atoms with Crippen molar-refractivity contribution >= 4 is 51.9 Å². The van der Waals surface area contributed by atoms with Gasteiger partial charge < -0.3 is 24.6 Å². The maximum atomic E-state index is 13.8. The number of piperidine rings is 1. The first-order chi connectivity index (χ1) is 23.9. The Balaban J connectivity index is 1.16. The number of piperazine rings is 1. The fourth-order valence-electron chi connectivity index (χ4n) is 6.73. The summed E-state index contributed by atoms with van der Waals surface area (Å²) >= 11 is 8.51. The van der Waals surface area contributed by atoms with Gasteiger partial charge >= 0.3 is 12.0 Å². The molecule has 2 saturated heterocycles. The summed E-state index contributed by atoms with van der Waals surface area (Å²) in [5, 5.41) is 3.94. The van der Waals surface area contributed by atoms with E-state index in [1.165, 1.54) is 0 Å². The van der Waals surface area contributed by atoms with Gasteiger partial charge in [-0.3, -0.25) is 4.90 Å². The minimum atomic E-state index is -0.496. The van der Waals surface area contributed by atoms with Crippen molar-refractivity contribution in [2.45, 2.75) is 35.1 Å². The number of ether oxygens (including phenoxy) is 2. The summed E-state index contributed by atoms with van der Waals surface area (Å²) in [4.78, 5) is 34.0. The average Bonchev–Trinajstić information content (AvgIpc) is 3.15. The molecule has 2 aliphatic heterocycles. The van der Waals surface area contributed by atoms with Crippen molar-refractivity contribution in [3.8, 4) is 11.1 Å². The molecule has 0 spiro atoms. The molecule has 2 unspecified atom stereocenters. The molecule has 49 heavy (non-hydrogen) atoms. The molecule has 2 heterocycles. The second kappa shape index (κ2) is 16.8. The number of hydrogen-bond donors (Lipinski definition) is 1. The molecule has 2 fully saturated rings. The summed E-state index contributed by atoms with van der Waals surface area (Å²) in [5.74, 6) is -0.386. The van der Waals surface area contributed by atoms with Gasteiger partial charge in [-0.15, -0.1) is 0 Å². The lowest BCUT2D eigenvalue weighted by atomic mass is 9.98. The summed E-state index contributed by atoms with van der Waals surface area (Å²) in [6, 6.07) is 35.2. The van der Waals surface area contributed by atoms with Gasteiger partial charge in [0.25, 0.3) is 0 Å². The van der Waals surface area contributed by atoms with E-state index in [1.807, 2.05) is 91.0 Å². The number of esters is 1. The molecule has 8 nitrogen and oxygen atoms in total. The van der Waals surface area contributed by atoms with Gasteiger partial charge in [-0.25, -0.2) is 9.59 Å². The molecule has 0 radical (unpaired) electrons. The summed E-state index contributed by atoms with van der Waals surface area (Å²) in [7, 11) is 1.65. The van der Waals surface area contributed by atoms with E-state index in [-0.39, 0.29) is 28.2 Å². The minimum Gasteiger partial charge on any atom is -0.455 e. The zero-order valence-corrected chi connectivity index (χ0v) is 30.5. The molecule has 2 amide bonds. The first kappa shape index (κ1) is 35.2. The van der Waals surface area contributed by atoms with Gasteiger partial charge in [0.2, 0.25) is 0 Å². The Labute approximate surface area is 307 Å². The molecule has 4 aromatic rings. The number of hydrogen-bond acceptors (Lipinski definition) is 6. The van der Waals surface area contributed by atoms with Gasteiger partial charge in [0.15, 0.2) is 0 Å². The lowest BCUT2D eigenvalue weighted by Gasteiger charge is -2.46. The molecule has 10 heteroatoms. The number of amides is 2. The third kappa shape index (κ3) is 9.13. The van der Waals surface area contributed by atoms with Crippen molar-refractivity contribution in [3.05, 3.63) is 125 Å². The van der Waals surface area contributed by atoms with E-state index in [0.717, 1.165) is 53.6 Å². The summed E-state index contributed by atoms with van der Waals surface area (Å²) < 4.78 is 11.7. The highest BCUT2D eigenvalue weighted by Gasteiger charge is 2.39. The van der Waals surface area contributed by atoms with Gasteiger partial charge in [0, 0.05) is 50.5 Å². The maximum Gasteiger partial charge on any atom is 0.338 e. The van der Waals surface area contributed by atoms with Crippen molar-refractivity contribution < 1.29 is 19.1 Å². The van der Waals surface area contributed by atoms with Crippen LogP contribution in [0.15, 0.2) is 109 Å². The molecular formula is C39H42ClIN4O4. The Morgan fingerprint density at radius 3 is 2.20 bits per heavy atom. The van der Waals surface area contributed by atoms with Crippen LogP contribution in [0.5, 0.6) is 0 Å². The number of carbonyl (C=O) groups excluding carboxylic acids is 2. The SMILES string of the molecule is COC(I)C(Cc1ccccc1)NC(=O)N1CC[C@@H](N2CCN(c3cccc(Cl)c3)CC2)[C@H](OC(=O)c2ccc(-c3ccccc3)cc2)C1. The Bertz CT molecular complexity index is 1670. The topological polar surface area (TPSA) is 74.3 Å². The highest BCUT2D eigenvalue weighted by Crippen LogP contribution is 2.27. The zero-order valence-electron chi connectivity index (χ0n) is 27.6. The van der Waals surface area contributed by atoms with Gasteiger partial charge in [-0.1, -0.05) is 90.5 Å². The zero-order chi connectivity index (χ0) is 34.2. The molecule has 6 rings (SSSR count). The Morgan fingerprint density at radius 2 is 1.53 bits per heavy atom. The third-order valence-electron chi connectivity index (χ3n) is 9.40.